The molecule has 2 heteroatoms. The normalized spacial score (nSPS) is 18.6. The number of benzene rings is 1. The van der Waals surface area contributed by atoms with Gasteiger partial charge in [0.15, 0.2) is 6.29 Å². The predicted octanol–water partition coefficient (Wildman–Crippen LogP) is 3.75. The summed E-state index contributed by atoms with van der Waals surface area (Å²) in [6.45, 7) is 1.64. The molecule has 1 aromatic carbocycles. The first-order chi connectivity index (χ1) is 9.45. The third-order valence-corrected chi connectivity index (χ3v) is 3.14. The first-order valence-corrected chi connectivity index (χ1v) is 7.22. The quantitative estimate of drug-likeness (QED) is 0.591. The fraction of sp³-hybridized carbons (Fsp3) is 0.529. The highest BCUT2D eigenvalue weighted by atomic mass is 16.7. The van der Waals surface area contributed by atoms with Crippen LogP contribution in [-0.2, 0) is 9.47 Å². The Morgan fingerprint density at radius 2 is 2.05 bits per heavy atom. The lowest BCUT2D eigenvalue weighted by molar-refractivity contribution is -0.162. The molecule has 1 aliphatic heterocycles. The fourth-order valence-corrected chi connectivity index (χ4v) is 2.06. The van der Waals surface area contributed by atoms with Crippen molar-refractivity contribution in [2.45, 2.75) is 44.8 Å². The highest BCUT2D eigenvalue weighted by Crippen LogP contribution is 2.14. The Kier molecular flexibility index (Phi) is 6.49. The zero-order chi connectivity index (χ0) is 13.2. The van der Waals surface area contributed by atoms with Gasteiger partial charge < -0.3 is 9.47 Å². The Morgan fingerprint density at radius 1 is 1.16 bits per heavy atom. The lowest BCUT2D eigenvalue weighted by Gasteiger charge is -2.22. The minimum Gasteiger partial charge on any atom is -0.353 e. The van der Waals surface area contributed by atoms with Crippen molar-refractivity contribution < 1.29 is 9.47 Å². The second kappa shape index (κ2) is 8.74. The largest absolute Gasteiger partial charge is 0.353 e. The van der Waals surface area contributed by atoms with Gasteiger partial charge in [-0.25, -0.2) is 0 Å². The Bertz CT molecular complexity index is 396. The van der Waals surface area contributed by atoms with E-state index in [2.05, 4.69) is 11.8 Å². The van der Waals surface area contributed by atoms with Crippen molar-refractivity contribution in [1.29, 1.82) is 0 Å². The van der Waals surface area contributed by atoms with Crippen LogP contribution in [0.25, 0.3) is 0 Å². The van der Waals surface area contributed by atoms with Gasteiger partial charge in [-0.15, -0.1) is 0 Å². The molecule has 2 nitrogen and oxygen atoms in total. The number of unbranched alkanes of at least 4 members (excludes halogenated alkanes) is 2. The molecule has 1 aliphatic rings. The summed E-state index contributed by atoms with van der Waals surface area (Å²) >= 11 is 0. The first-order valence-electron chi connectivity index (χ1n) is 7.22. The fourth-order valence-electron chi connectivity index (χ4n) is 2.06. The lowest BCUT2D eigenvalue weighted by Crippen LogP contribution is -2.22. The summed E-state index contributed by atoms with van der Waals surface area (Å²) in [6.07, 6.45) is 6.58. The molecule has 0 saturated carbocycles. The van der Waals surface area contributed by atoms with Gasteiger partial charge >= 0.3 is 0 Å². The van der Waals surface area contributed by atoms with Crippen LogP contribution in [0.15, 0.2) is 30.3 Å². The van der Waals surface area contributed by atoms with Crippen LogP contribution in [-0.4, -0.2) is 19.5 Å². The standard InChI is InChI=1S/C17H22O2/c1(4-10-16-11-5-3-6-12-16)2-8-14-18-17-13-7-9-15-19-17/h3,5-6,11-12,17H,1-2,7-9,13-15H2. The van der Waals surface area contributed by atoms with Gasteiger partial charge in [-0.1, -0.05) is 30.0 Å². The van der Waals surface area contributed by atoms with Gasteiger partial charge in [0.2, 0.25) is 0 Å². The summed E-state index contributed by atoms with van der Waals surface area (Å²) in [5, 5.41) is 0. The highest BCUT2D eigenvalue weighted by Gasteiger charge is 2.12. The first kappa shape index (κ1) is 14.1. The van der Waals surface area contributed by atoms with E-state index in [1.807, 2.05) is 30.3 Å². The van der Waals surface area contributed by atoms with Crippen molar-refractivity contribution in [3.63, 3.8) is 0 Å². The monoisotopic (exact) mass is 258 g/mol. The van der Waals surface area contributed by atoms with Crippen molar-refractivity contribution in [3.05, 3.63) is 35.9 Å². The summed E-state index contributed by atoms with van der Waals surface area (Å²) in [5.74, 6) is 6.37. The predicted molar refractivity (Wildman–Crippen MR) is 76.7 cm³/mol. The van der Waals surface area contributed by atoms with Gasteiger partial charge in [-0.05, 0) is 44.2 Å². The van der Waals surface area contributed by atoms with E-state index in [0.29, 0.717) is 0 Å². The zero-order valence-electron chi connectivity index (χ0n) is 11.4. The number of hydrogen-bond acceptors (Lipinski definition) is 2. The van der Waals surface area contributed by atoms with E-state index in [-0.39, 0.29) is 6.29 Å². The van der Waals surface area contributed by atoms with Gasteiger partial charge in [-0.2, -0.15) is 0 Å². The van der Waals surface area contributed by atoms with Gasteiger partial charge in [0.25, 0.3) is 0 Å². The molecule has 1 saturated heterocycles. The topological polar surface area (TPSA) is 18.5 Å². The molecule has 2 rings (SSSR count). The van der Waals surface area contributed by atoms with E-state index in [9.17, 15) is 0 Å². The van der Waals surface area contributed by atoms with Crippen LogP contribution in [0.4, 0.5) is 0 Å². The number of ether oxygens (including phenoxy) is 2. The molecule has 0 N–H and O–H groups in total. The minimum absolute atomic E-state index is 0.0455. The van der Waals surface area contributed by atoms with Crippen molar-refractivity contribution >= 4 is 0 Å². The van der Waals surface area contributed by atoms with E-state index in [0.717, 1.165) is 44.5 Å². The van der Waals surface area contributed by atoms with Crippen LogP contribution in [0.3, 0.4) is 0 Å². The summed E-state index contributed by atoms with van der Waals surface area (Å²) < 4.78 is 11.2. The smallest absolute Gasteiger partial charge is 0.157 e. The van der Waals surface area contributed by atoms with Crippen LogP contribution >= 0.6 is 0 Å². The second-order valence-electron chi connectivity index (χ2n) is 4.79. The van der Waals surface area contributed by atoms with Crippen LogP contribution in [0.1, 0.15) is 44.1 Å². The van der Waals surface area contributed by atoms with Gasteiger partial charge in [0.1, 0.15) is 0 Å². The van der Waals surface area contributed by atoms with Gasteiger partial charge in [0.05, 0.1) is 0 Å². The summed E-state index contributed by atoms with van der Waals surface area (Å²) in [6, 6.07) is 10.1. The molecular formula is C17H22O2. The van der Waals surface area contributed by atoms with E-state index in [1.165, 1.54) is 12.8 Å². The third-order valence-electron chi connectivity index (χ3n) is 3.14. The van der Waals surface area contributed by atoms with Crippen LogP contribution < -0.4 is 0 Å². The minimum atomic E-state index is 0.0455. The Balaban J connectivity index is 1.51. The van der Waals surface area contributed by atoms with E-state index in [1.54, 1.807) is 0 Å². The van der Waals surface area contributed by atoms with Crippen molar-refractivity contribution in [2.75, 3.05) is 13.2 Å². The molecule has 102 valence electrons. The molecule has 0 aromatic heterocycles. The maximum atomic E-state index is 5.68. The molecule has 1 fully saturated rings. The summed E-state index contributed by atoms with van der Waals surface area (Å²) in [4.78, 5) is 0. The van der Waals surface area contributed by atoms with E-state index < -0.39 is 0 Å². The van der Waals surface area contributed by atoms with Crippen molar-refractivity contribution in [1.82, 2.24) is 0 Å². The lowest BCUT2D eigenvalue weighted by atomic mass is 10.2. The van der Waals surface area contributed by atoms with E-state index >= 15 is 0 Å². The van der Waals surface area contributed by atoms with E-state index in [4.69, 9.17) is 9.47 Å². The van der Waals surface area contributed by atoms with Crippen LogP contribution in [0.2, 0.25) is 0 Å². The molecule has 0 amide bonds. The average molecular weight is 258 g/mol. The SMILES string of the molecule is C(#Cc1ccccc1)CCCCOC1CCCCO1. The van der Waals surface area contributed by atoms with Crippen LogP contribution in [0, 0.1) is 11.8 Å². The average Bonchev–Trinajstić information content (AvgIpc) is 2.48. The summed E-state index contributed by atoms with van der Waals surface area (Å²) in [7, 11) is 0. The molecule has 19 heavy (non-hydrogen) atoms. The molecule has 1 unspecified atom stereocenters. The highest BCUT2D eigenvalue weighted by molar-refractivity contribution is 5.33. The number of rotatable bonds is 5. The van der Waals surface area contributed by atoms with Crippen molar-refractivity contribution in [3.8, 4) is 11.8 Å². The van der Waals surface area contributed by atoms with Crippen LogP contribution in [0.5, 0.6) is 0 Å². The molecular weight excluding hydrogens is 236 g/mol. The maximum absolute atomic E-state index is 5.68. The Morgan fingerprint density at radius 3 is 2.84 bits per heavy atom. The second-order valence-corrected chi connectivity index (χ2v) is 4.79. The molecule has 1 heterocycles. The van der Waals surface area contributed by atoms with Crippen molar-refractivity contribution in [2.24, 2.45) is 0 Å². The Hall–Kier alpha value is -1.30. The van der Waals surface area contributed by atoms with Gasteiger partial charge in [0, 0.05) is 25.2 Å². The third kappa shape index (κ3) is 5.92. The Labute approximate surface area is 116 Å². The maximum Gasteiger partial charge on any atom is 0.157 e. The molecule has 1 aromatic rings. The summed E-state index contributed by atoms with van der Waals surface area (Å²) in [5.41, 5.74) is 1.09. The molecule has 1 atom stereocenters. The zero-order valence-corrected chi connectivity index (χ0v) is 11.4. The molecule has 0 spiro atoms. The molecule has 0 radical (unpaired) electrons. The number of hydrogen-bond donors (Lipinski definition) is 0. The van der Waals surface area contributed by atoms with Gasteiger partial charge in [-0.3, -0.25) is 0 Å². The molecule has 0 bridgehead atoms. The molecule has 0 aliphatic carbocycles.